The molecular formula is C7H15ClN2O2. The van der Waals surface area contributed by atoms with Crippen molar-refractivity contribution in [2.75, 3.05) is 19.0 Å². The lowest BCUT2D eigenvalue weighted by atomic mass is 10.4. The van der Waals surface area contributed by atoms with Crippen LogP contribution in [-0.4, -0.2) is 25.0 Å². The fourth-order valence-corrected chi connectivity index (χ4v) is 0.676. The van der Waals surface area contributed by atoms with Crippen LogP contribution in [0, 0.1) is 0 Å². The SMILES string of the molecule is CN(C)c1cc[nH+]cc1.O.O.[Cl-]. The van der Waals surface area contributed by atoms with Crippen LogP contribution < -0.4 is 22.3 Å². The van der Waals surface area contributed by atoms with Crippen LogP contribution in [0.5, 0.6) is 0 Å². The predicted octanol–water partition coefficient (Wildman–Crippen LogP) is -4.08. The molecule has 1 aromatic heterocycles. The number of pyridine rings is 1. The van der Waals surface area contributed by atoms with E-state index in [9.17, 15) is 0 Å². The first-order valence-electron chi connectivity index (χ1n) is 2.94. The van der Waals surface area contributed by atoms with Crippen LogP contribution in [-0.2, 0) is 0 Å². The molecule has 0 spiro atoms. The van der Waals surface area contributed by atoms with E-state index in [2.05, 4.69) is 9.88 Å². The van der Waals surface area contributed by atoms with Crippen molar-refractivity contribution in [3.05, 3.63) is 24.5 Å². The van der Waals surface area contributed by atoms with Gasteiger partial charge in [-0.1, -0.05) is 0 Å². The molecule has 1 heterocycles. The highest BCUT2D eigenvalue weighted by molar-refractivity contribution is 5.41. The van der Waals surface area contributed by atoms with Crippen LogP contribution in [0.3, 0.4) is 0 Å². The minimum atomic E-state index is 0. The summed E-state index contributed by atoms with van der Waals surface area (Å²) in [6.45, 7) is 0. The molecule has 0 unspecified atom stereocenters. The Morgan fingerprint density at radius 2 is 1.50 bits per heavy atom. The maximum Gasteiger partial charge on any atom is 0.169 e. The van der Waals surface area contributed by atoms with Crippen LogP contribution in [0.4, 0.5) is 5.69 Å². The second-order valence-corrected chi connectivity index (χ2v) is 2.15. The van der Waals surface area contributed by atoms with E-state index in [1.165, 1.54) is 5.69 Å². The first-order valence-corrected chi connectivity index (χ1v) is 2.94. The van der Waals surface area contributed by atoms with Gasteiger partial charge in [0, 0.05) is 31.9 Å². The quantitative estimate of drug-likeness (QED) is 0.448. The number of hydrogen-bond acceptors (Lipinski definition) is 1. The highest BCUT2D eigenvalue weighted by Gasteiger charge is 1.91. The molecule has 5 heteroatoms. The first-order chi connectivity index (χ1) is 4.30. The third-order valence-electron chi connectivity index (χ3n) is 1.22. The normalized spacial score (nSPS) is 6.83. The van der Waals surface area contributed by atoms with Gasteiger partial charge in [-0.05, 0) is 0 Å². The zero-order valence-electron chi connectivity index (χ0n) is 7.13. The number of anilines is 1. The van der Waals surface area contributed by atoms with Crippen molar-refractivity contribution in [3.63, 3.8) is 0 Å². The lowest BCUT2D eigenvalue weighted by Crippen LogP contribution is -3.00. The minimum absolute atomic E-state index is 0. The number of aromatic nitrogens is 1. The minimum Gasteiger partial charge on any atom is -1.00 e. The number of nitrogens with zero attached hydrogens (tertiary/aromatic N) is 1. The van der Waals surface area contributed by atoms with Gasteiger partial charge in [-0.25, -0.2) is 4.98 Å². The molecule has 1 aromatic rings. The van der Waals surface area contributed by atoms with Gasteiger partial charge in [0.05, 0.1) is 0 Å². The Hall–Kier alpha value is -0.840. The molecule has 0 aliphatic carbocycles. The zero-order valence-corrected chi connectivity index (χ0v) is 7.89. The Morgan fingerprint density at radius 1 is 1.08 bits per heavy atom. The number of aromatic amines is 1. The summed E-state index contributed by atoms with van der Waals surface area (Å²) < 4.78 is 0. The Balaban J connectivity index is -0.000000270. The van der Waals surface area contributed by atoms with E-state index in [0.29, 0.717) is 0 Å². The van der Waals surface area contributed by atoms with E-state index in [1.807, 2.05) is 38.6 Å². The highest BCUT2D eigenvalue weighted by Crippen LogP contribution is 2.04. The highest BCUT2D eigenvalue weighted by atomic mass is 35.5. The maximum absolute atomic E-state index is 2.96. The van der Waals surface area contributed by atoms with Gasteiger partial charge in [-0.3, -0.25) is 0 Å². The molecule has 0 aliphatic rings. The molecule has 0 amide bonds. The van der Waals surface area contributed by atoms with E-state index < -0.39 is 0 Å². The summed E-state index contributed by atoms with van der Waals surface area (Å²) in [7, 11) is 4.05. The molecule has 0 aromatic carbocycles. The van der Waals surface area contributed by atoms with Gasteiger partial charge in [0.25, 0.3) is 0 Å². The largest absolute Gasteiger partial charge is 1.00 e. The molecule has 72 valence electrons. The molecule has 5 N–H and O–H groups in total. The summed E-state index contributed by atoms with van der Waals surface area (Å²) in [5.74, 6) is 0. The monoisotopic (exact) mass is 194 g/mol. The number of rotatable bonds is 1. The third kappa shape index (κ3) is 4.90. The lowest BCUT2D eigenvalue weighted by Gasteiger charge is -2.08. The summed E-state index contributed by atoms with van der Waals surface area (Å²) in [4.78, 5) is 5.02. The zero-order chi connectivity index (χ0) is 6.69. The topological polar surface area (TPSA) is 80.4 Å². The molecule has 0 atom stereocenters. The second kappa shape index (κ2) is 8.26. The fraction of sp³-hybridized carbons (Fsp3) is 0.286. The van der Waals surface area contributed by atoms with Crippen molar-refractivity contribution in [2.24, 2.45) is 0 Å². The van der Waals surface area contributed by atoms with E-state index in [1.54, 1.807) is 0 Å². The standard InChI is InChI=1S/C7H10N2.ClH.2H2O/c1-9(2)7-3-5-8-6-4-7;;;/h3-6H,1-2H3;1H;2*1H2. The van der Waals surface area contributed by atoms with Crippen LogP contribution in [0.25, 0.3) is 0 Å². The van der Waals surface area contributed by atoms with Gasteiger partial charge < -0.3 is 28.3 Å². The van der Waals surface area contributed by atoms with Gasteiger partial charge >= 0.3 is 0 Å². The van der Waals surface area contributed by atoms with Crippen molar-refractivity contribution < 1.29 is 28.3 Å². The number of hydrogen-bond donors (Lipinski definition) is 0. The lowest BCUT2D eigenvalue weighted by molar-refractivity contribution is -0.377. The molecule has 0 aliphatic heterocycles. The van der Waals surface area contributed by atoms with Crippen molar-refractivity contribution in [1.29, 1.82) is 0 Å². The van der Waals surface area contributed by atoms with Gasteiger partial charge in [-0.2, -0.15) is 0 Å². The Bertz CT molecular complexity index is 182. The molecule has 12 heavy (non-hydrogen) atoms. The predicted molar refractivity (Wildman–Crippen MR) is 44.6 cm³/mol. The van der Waals surface area contributed by atoms with Crippen LogP contribution in [0.1, 0.15) is 0 Å². The summed E-state index contributed by atoms with van der Waals surface area (Å²) in [6, 6.07) is 4.06. The molecular weight excluding hydrogens is 180 g/mol. The molecule has 0 saturated heterocycles. The smallest absolute Gasteiger partial charge is 0.169 e. The average molecular weight is 195 g/mol. The average Bonchev–Trinajstić information content (AvgIpc) is 1.90. The first kappa shape index (κ1) is 17.3. The van der Waals surface area contributed by atoms with Crippen LogP contribution >= 0.6 is 0 Å². The third-order valence-corrected chi connectivity index (χ3v) is 1.22. The summed E-state index contributed by atoms with van der Waals surface area (Å²) in [5, 5.41) is 0. The number of halogens is 1. The molecule has 4 nitrogen and oxygen atoms in total. The van der Waals surface area contributed by atoms with Gasteiger partial charge in [0.15, 0.2) is 12.4 Å². The Morgan fingerprint density at radius 3 is 1.75 bits per heavy atom. The van der Waals surface area contributed by atoms with Gasteiger partial charge in [-0.15, -0.1) is 0 Å². The van der Waals surface area contributed by atoms with E-state index in [4.69, 9.17) is 0 Å². The maximum atomic E-state index is 2.96. The molecule has 0 saturated carbocycles. The summed E-state index contributed by atoms with van der Waals surface area (Å²) >= 11 is 0. The van der Waals surface area contributed by atoms with Crippen molar-refractivity contribution in [2.45, 2.75) is 0 Å². The Labute approximate surface area is 78.3 Å². The number of nitrogens with one attached hydrogen (secondary N) is 1. The Kier molecular flexibility index (Phi) is 11.9. The van der Waals surface area contributed by atoms with Crippen molar-refractivity contribution in [1.82, 2.24) is 0 Å². The van der Waals surface area contributed by atoms with Gasteiger partial charge in [0.1, 0.15) is 0 Å². The van der Waals surface area contributed by atoms with Crippen LogP contribution in [0.15, 0.2) is 24.5 Å². The van der Waals surface area contributed by atoms with Gasteiger partial charge in [0.2, 0.25) is 0 Å². The molecule has 1 rings (SSSR count). The summed E-state index contributed by atoms with van der Waals surface area (Å²) in [5.41, 5.74) is 1.22. The van der Waals surface area contributed by atoms with E-state index in [-0.39, 0.29) is 23.4 Å². The van der Waals surface area contributed by atoms with E-state index in [0.717, 1.165) is 0 Å². The molecule has 0 radical (unpaired) electrons. The van der Waals surface area contributed by atoms with Crippen molar-refractivity contribution in [3.8, 4) is 0 Å². The number of H-pyrrole nitrogens is 1. The molecule has 0 bridgehead atoms. The van der Waals surface area contributed by atoms with Crippen LogP contribution in [0.2, 0.25) is 0 Å². The second-order valence-electron chi connectivity index (χ2n) is 2.15. The fourth-order valence-electron chi connectivity index (χ4n) is 0.676. The summed E-state index contributed by atoms with van der Waals surface area (Å²) in [6.07, 6.45) is 3.82. The molecule has 0 fully saturated rings. The van der Waals surface area contributed by atoms with E-state index >= 15 is 0 Å². The van der Waals surface area contributed by atoms with Crippen molar-refractivity contribution >= 4 is 5.69 Å².